The maximum atomic E-state index is 11.7. The van der Waals surface area contributed by atoms with Gasteiger partial charge in [-0.3, -0.25) is 10.2 Å². The molecule has 0 aromatic heterocycles. The Morgan fingerprint density at radius 2 is 2.17 bits per heavy atom. The van der Waals surface area contributed by atoms with Crippen LogP contribution in [-0.4, -0.2) is 25.2 Å². The second-order valence-electron chi connectivity index (χ2n) is 5.48. The van der Waals surface area contributed by atoms with E-state index in [1.807, 2.05) is 36.4 Å². The lowest BCUT2D eigenvalue weighted by molar-refractivity contribution is -0.115. The number of carbonyl (C=O) groups is 1. The quantitative estimate of drug-likeness (QED) is 0.519. The van der Waals surface area contributed by atoms with Crippen molar-refractivity contribution in [2.75, 3.05) is 29.5 Å². The summed E-state index contributed by atoms with van der Waals surface area (Å²) in [7, 11) is 1.80. The van der Waals surface area contributed by atoms with Gasteiger partial charge in [-0.05, 0) is 23.8 Å². The van der Waals surface area contributed by atoms with E-state index in [1.54, 1.807) is 7.05 Å². The summed E-state index contributed by atoms with van der Waals surface area (Å²) in [5.41, 5.74) is 5.16. The van der Waals surface area contributed by atoms with Crippen LogP contribution in [0.15, 0.2) is 36.4 Å². The highest BCUT2D eigenvalue weighted by Crippen LogP contribution is 2.36. The molecular formula is C19H18N4O. The molecule has 5 nitrogen and oxygen atoms in total. The minimum absolute atomic E-state index is 0.00118. The molecule has 0 bridgehead atoms. The average Bonchev–Trinajstić information content (AvgIpc) is 2.80. The van der Waals surface area contributed by atoms with E-state index in [0.29, 0.717) is 18.5 Å². The molecular weight excluding hydrogens is 300 g/mol. The fourth-order valence-electron chi connectivity index (χ4n) is 2.82. The Labute approximate surface area is 141 Å². The third-order valence-corrected chi connectivity index (χ3v) is 4.01. The van der Waals surface area contributed by atoms with Crippen LogP contribution in [0.4, 0.5) is 17.1 Å². The van der Waals surface area contributed by atoms with Crippen LogP contribution in [0.1, 0.15) is 12.0 Å². The monoisotopic (exact) mass is 318 g/mol. The average molecular weight is 318 g/mol. The van der Waals surface area contributed by atoms with Gasteiger partial charge in [0.15, 0.2) is 0 Å². The van der Waals surface area contributed by atoms with E-state index in [1.165, 1.54) is 0 Å². The number of terminal acetylenes is 1. The molecule has 120 valence electrons. The Bertz CT molecular complexity index is 864. The number of para-hydroxylation sites is 1. The number of benzene rings is 2. The van der Waals surface area contributed by atoms with Crippen LogP contribution in [-0.2, 0) is 4.79 Å². The van der Waals surface area contributed by atoms with Gasteiger partial charge in [0, 0.05) is 36.8 Å². The molecule has 0 saturated carbocycles. The van der Waals surface area contributed by atoms with Crippen molar-refractivity contribution in [3.05, 3.63) is 42.0 Å². The molecule has 2 aromatic rings. The third-order valence-electron chi connectivity index (χ3n) is 4.01. The van der Waals surface area contributed by atoms with Gasteiger partial charge in [-0.1, -0.05) is 24.1 Å². The van der Waals surface area contributed by atoms with E-state index < -0.39 is 0 Å². The largest absolute Gasteiger partial charge is 0.388 e. The summed E-state index contributed by atoms with van der Waals surface area (Å²) >= 11 is 0. The lowest BCUT2D eigenvalue weighted by Gasteiger charge is -2.16. The zero-order valence-corrected chi connectivity index (χ0v) is 13.4. The minimum Gasteiger partial charge on any atom is -0.388 e. The van der Waals surface area contributed by atoms with Gasteiger partial charge < -0.3 is 16.0 Å². The Kier molecular flexibility index (Phi) is 4.21. The summed E-state index contributed by atoms with van der Waals surface area (Å²) in [6.45, 7) is 0.581. The molecule has 0 unspecified atom stereocenters. The fourth-order valence-corrected chi connectivity index (χ4v) is 2.82. The van der Waals surface area contributed by atoms with Crippen LogP contribution in [0.5, 0.6) is 0 Å². The summed E-state index contributed by atoms with van der Waals surface area (Å²) in [6, 6.07) is 11.5. The number of hydrogen-bond acceptors (Lipinski definition) is 4. The van der Waals surface area contributed by atoms with E-state index in [9.17, 15) is 4.79 Å². The molecule has 2 aromatic carbocycles. The number of hydrogen-bond donors (Lipinski definition) is 4. The lowest BCUT2D eigenvalue weighted by atomic mass is 9.97. The van der Waals surface area contributed by atoms with Crippen molar-refractivity contribution in [1.29, 1.82) is 5.41 Å². The second kappa shape index (κ2) is 6.47. The number of nitrogens with one attached hydrogen (secondary N) is 4. The van der Waals surface area contributed by atoms with Crippen molar-refractivity contribution in [1.82, 2.24) is 0 Å². The van der Waals surface area contributed by atoms with Gasteiger partial charge in [-0.25, -0.2) is 0 Å². The molecule has 0 atom stereocenters. The second-order valence-corrected chi connectivity index (χ2v) is 5.48. The maximum absolute atomic E-state index is 11.7. The van der Waals surface area contributed by atoms with Crippen LogP contribution < -0.4 is 16.0 Å². The van der Waals surface area contributed by atoms with Gasteiger partial charge in [0.1, 0.15) is 5.71 Å². The Morgan fingerprint density at radius 3 is 2.92 bits per heavy atom. The molecule has 24 heavy (non-hydrogen) atoms. The van der Waals surface area contributed by atoms with Gasteiger partial charge in [-0.2, -0.15) is 0 Å². The van der Waals surface area contributed by atoms with Gasteiger partial charge in [0.25, 0.3) is 0 Å². The highest BCUT2D eigenvalue weighted by molar-refractivity contribution is 6.14. The Morgan fingerprint density at radius 1 is 1.33 bits per heavy atom. The first-order valence-corrected chi connectivity index (χ1v) is 7.68. The molecule has 1 amide bonds. The number of fused-ring (bicyclic) bond motifs is 1. The Hall–Kier alpha value is -3.26. The normalized spacial score (nSPS) is 12.9. The lowest BCUT2D eigenvalue weighted by Crippen LogP contribution is -2.10. The van der Waals surface area contributed by atoms with Crippen molar-refractivity contribution >= 4 is 28.7 Å². The van der Waals surface area contributed by atoms with Crippen LogP contribution >= 0.6 is 0 Å². The molecule has 1 heterocycles. The first-order chi connectivity index (χ1) is 11.6. The first-order valence-electron chi connectivity index (χ1n) is 7.68. The van der Waals surface area contributed by atoms with Crippen molar-refractivity contribution in [3.63, 3.8) is 0 Å². The summed E-state index contributed by atoms with van der Waals surface area (Å²) in [4.78, 5) is 11.7. The zero-order chi connectivity index (χ0) is 17.1. The number of rotatable bonds is 3. The van der Waals surface area contributed by atoms with Crippen LogP contribution in [0.25, 0.3) is 11.1 Å². The summed E-state index contributed by atoms with van der Waals surface area (Å²) in [5.74, 6) is 2.38. The molecule has 0 fully saturated rings. The van der Waals surface area contributed by atoms with Crippen LogP contribution in [0.3, 0.4) is 0 Å². The van der Waals surface area contributed by atoms with Crippen molar-refractivity contribution < 1.29 is 4.79 Å². The van der Waals surface area contributed by atoms with E-state index in [-0.39, 0.29) is 11.6 Å². The third kappa shape index (κ3) is 2.82. The SMILES string of the molecule is C#CC(=N)c1cc(-c2cccc3c2NCCC(=O)N3)ccc1NC. The number of amides is 1. The summed E-state index contributed by atoms with van der Waals surface area (Å²) in [5, 5.41) is 17.3. The Balaban J connectivity index is 2.14. The van der Waals surface area contributed by atoms with E-state index in [0.717, 1.165) is 28.2 Å². The van der Waals surface area contributed by atoms with Crippen molar-refractivity contribution in [2.24, 2.45) is 0 Å². The van der Waals surface area contributed by atoms with E-state index in [2.05, 4.69) is 21.9 Å². The molecule has 1 aliphatic heterocycles. The standard InChI is InChI=1S/C19H18N4O/c1-3-15(20)14-11-12(7-8-16(14)21-2)13-5-4-6-17-19(13)22-10-9-18(24)23-17/h1,4-8,11,20-22H,9-10H2,2H3,(H,23,24). The number of anilines is 3. The highest BCUT2D eigenvalue weighted by atomic mass is 16.1. The maximum Gasteiger partial charge on any atom is 0.226 e. The molecule has 1 aliphatic rings. The summed E-state index contributed by atoms with van der Waals surface area (Å²) in [6.07, 6.45) is 5.83. The molecule has 4 N–H and O–H groups in total. The van der Waals surface area contributed by atoms with Crippen molar-refractivity contribution in [3.8, 4) is 23.5 Å². The molecule has 0 radical (unpaired) electrons. The topological polar surface area (TPSA) is 77.0 Å². The molecule has 0 saturated heterocycles. The van der Waals surface area contributed by atoms with Crippen LogP contribution in [0, 0.1) is 17.8 Å². The van der Waals surface area contributed by atoms with Gasteiger partial charge >= 0.3 is 0 Å². The summed E-state index contributed by atoms with van der Waals surface area (Å²) < 4.78 is 0. The van der Waals surface area contributed by atoms with Gasteiger partial charge in [0.05, 0.1) is 11.4 Å². The molecule has 0 spiro atoms. The van der Waals surface area contributed by atoms with Crippen molar-refractivity contribution in [2.45, 2.75) is 6.42 Å². The first kappa shape index (κ1) is 15.6. The van der Waals surface area contributed by atoms with E-state index >= 15 is 0 Å². The van der Waals surface area contributed by atoms with Gasteiger partial charge in [0.2, 0.25) is 5.91 Å². The zero-order valence-electron chi connectivity index (χ0n) is 13.4. The minimum atomic E-state index is -0.00118. The molecule has 5 heteroatoms. The number of carbonyl (C=O) groups excluding carboxylic acids is 1. The predicted molar refractivity (Wildman–Crippen MR) is 98.8 cm³/mol. The van der Waals surface area contributed by atoms with E-state index in [4.69, 9.17) is 11.8 Å². The highest BCUT2D eigenvalue weighted by Gasteiger charge is 2.17. The smallest absolute Gasteiger partial charge is 0.226 e. The van der Waals surface area contributed by atoms with Crippen LogP contribution in [0.2, 0.25) is 0 Å². The molecule has 3 rings (SSSR count). The predicted octanol–water partition coefficient (Wildman–Crippen LogP) is 3.15. The van der Waals surface area contributed by atoms with Gasteiger partial charge in [-0.15, -0.1) is 6.42 Å². The molecule has 0 aliphatic carbocycles. The fraction of sp³-hybridized carbons (Fsp3) is 0.158.